The molecule has 2 heterocycles. The maximum atomic E-state index is 12.5. The Kier molecular flexibility index (Phi) is 8.16. The molecule has 0 radical (unpaired) electrons. The van der Waals surface area contributed by atoms with E-state index in [4.69, 9.17) is 19.0 Å². The zero-order valence-corrected chi connectivity index (χ0v) is 26.1. The lowest BCUT2D eigenvalue weighted by Crippen LogP contribution is -2.48. The molecule has 39 heavy (non-hydrogen) atoms. The molecular formula is C30H46N4O4Si. The number of hydrogen-bond acceptors (Lipinski definition) is 7. The lowest BCUT2D eigenvalue weighted by Gasteiger charge is -2.51. The fourth-order valence-electron chi connectivity index (χ4n) is 6.01. The Hall–Kier alpha value is -2.52. The topological polar surface area (TPSA) is 99.2 Å². The first-order chi connectivity index (χ1) is 18.3. The summed E-state index contributed by atoms with van der Waals surface area (Å²) in [6, 6.07) is 2.17. The molecule has 2 aromatic rings. The number of aromatic amines is 1. The molecule has 3 fully saturated rings. The third-order valence-corrected chi connectivity index (χ3v) is 14.2. The number of nitrogens with zero attached hydrogens (tertiary/aromatic N) is 3. The average Bonchev–Trinajstić information content (AvgIpc) is 3.42. The third kappa shape index (κ3) is 5.44. The molecule has 3 aliphatic rings. The van der Waals surface area contributed by atoms with Crippen LogP contribution in [0.25, 0.3) is 17.0 Å². The van der Waals surface area contributed by atoms with E-state index in [2.05, 4.69) is 68.7 Å². The minimum atomic E-state index is -1.95. The standard InChI is InChI=1S/C30H46N4O4Si/c1-10-37-21(3)26-25(20(2)19-38-39(8,9)28(4,5)6)22(18-31-34-26)23-17-24(33-32-23)29-11-14-30(15-12-29,16-13-29)27(35)36-7/h17-18,20H,3,10-16,19H2,1-2,4-9H3,(H,32,33). The zero-order chi connectivity index (χ0) is 28.6. The molecule has 0 aromatic carbocycles. The van der Waals surface area contributed by atoms with E-state index in [1.54, 1.807) is 6.20 Å². The van der Waals surface area contributed by atoms with Gasteiger partial charge in [-0.3, -0.25) is 9.89 Å². The van der Waals surface area contributed by atoms with Crippen LogP contribution in [0.15, 0.2) is 18.8 Å². The van der Waals surface area contributed by atoms with E-state index in [1.807, 2.05) is 6.92 Å². The van der Waals surface area contributed by atoms with Crippen molar-refractivity contribution in [1.82, 2.24) is 20.4 Å². The van der Waals surface area contributed by atoms with Crippen molar-refractivity contribution < 1.29 is 18.7 Å². The highest BCUT2D eigenvalue weighted by Gasteiger charge is 2.54. The van der Waals surface area contributed by atoms with Crippen LogP contribution in [0, 0.1) is 5.41 Å². The highest BCUT2D eigenvalue weighted by molar-refractivity contribution is 6.74. The van der Waals surface area contributed by atoms with Crippen molar-refractivity contribution in [3.05, 3.63) is 35.8 Å². The summed E-state index contributed by atoms with van der Waals surface area (Å²) in [5.41, 5.74) is 4.25. The number of H-pyrrole nitrogens is 1. The van der Waals surface area contributed by atoms with Crippen molar-refractivity contribution in [2.75, 3.05) is 20.3 Å². The van der Waals surface area contributed by atoms with E-state index in [0.29, 0.717) is 24.7 Å². The lowest BCUT2D eigenvalue weighted by atomic mass is 9.53. The number of carbonyl (C=O) groups excluding carboxylic acids is 1. The fraction of sp³-hybridized carbons (Fsp3) is 0.667. The van der Waals surface area contributed by atoms with Gasteiger partial charge in [0.25, 0.3) is 0 Å². The Morgan fingerprint density at radius 1 is 1.18 bits per heavy atom. The van der Waals surface area contributed by atoms with Crippen molar-refractivity contribution in [2.24, 2.45) is 5.41 Å². The number of ether oxygens (including phenoxy) is 2. The van der Waals surface area contributed by atoms with Crippen LogP contribution in [-0.4, -0.2) is 55.0 Å². The average molecular weight is 555 g/mol. The summed E-state index contributed by atoms with van der Waals surface area (Å²) in [5.74, 6) is 0.492. The first-order valence-electron chi connectivity index (χ1n) is 14.3. The SMILES string of the molecule is C=C(OCC)c1nncc(-c2cc(C34CCC(C(=O)OC)(CC3)CC4)n[nH]2)c1C(C)CO[Si](C)(C)C(C)(C)C. The molecular weight excluding hydrogens is 508 g/mol. The minimum Gasteiger partial charge on any atom is -0.492 e. The molecule has 3 aliphatic carbocycles. The summed E-state index contributed by atoms with van der Waals surface area (Å²) in [7, 11) is -0.445. The van der Waals surface area contributed by atoms with Crippen molar-refractivity contribution in [1.29, 1.82) is 0 Å². The quantitative estimate of drug-likeness (QED) is 0.197. The zero-order valence-electron chi connectivity index (χ0n) is 25.1. The van der Waals surface area contributed by atoms with Gasteiger partial charge in [0, 0.05) is 23.5 Å². The van der Waals surface area contributed by atoms with Gasteiger partial charge in [0.05, 0.1) is 36.7 Å². The van der Waals surface area contributed by atoms with Gasteiger partial charge in [-0.15, -0.1) is 5.10 Å². The Morgan fingerprint density at radius 2 is 1.82 bits per heavy atom. The molecule has 1 unspecified atom stereocenters. The van der Waals surface area contributed by atoms with E-state index >= 15 is 0 Å². The van der Waals surface area contributed by atoms with Crippen LogP contribution in [0.4, 0.5) is 0 Å². The Balaban J connectivity index is 1.66. The van der Waals surface area contributed by atoms with E-state index in [0.717, 1.165) is 61.0 Å². The van der Waals surface area contributed by atoms with Gasteiger partial charge in [-0.25, -0.2) is 0 Å². The van der Waals surface area contributed by atoms with Crippen LogP contribution in [0.5, 0.6) is 0 Å². The Morgan fingerprint density at radius 3 is 2.38 bits per heavy atom. The molecule has 0 aliphatic heterocycles. The molecule has 0 amide bonds. The third-order valence-electron chi connectivity index (χ3n) is 9.74. The fourth-order valence-corrected chi connectivity index (χ4v) is 7.11. The van der Waals surface area contributed by atoms with Crippen molar-refractivity contribution in [2.45, 2.75) is 103 Å². The Bertz CT molecular complexity index is 1190. The molecule has 0 saturated heterocycles. The number of esters is 1. The molecule has 214 valence electrons. The molecule has 2 bridgehead atoms. The van der Waals surface area contributed by atoms with Crippen LogP contribution < -0.4 is 0 Å². The number of carbonyl (C=O) groups is 1. The van der Waals surface area contributed by atoms with E-state index in [1.165, 1.54) is 7.11 Å². The van der Waals surface area contributed by atoms with Gasteiger partial charge in [0.15, 0.2) is 8.32 Å². The summed E-state index contributed by atoms with van der Waals surface area (Å²) >= 11 is 0. The number of rotatable bonds is 10. The number of fused-ring (bicyclic) bond motifs is 3. The molecule has 1 atom stereocenters. The van der Waals surface area contributed by atoms with Gasteiger partial charge >= 0.3 is 5.97 Å². The highest BCUT2D eigenvalue weighted by Crippen LogP contribution is 2.58. The molecule has 0 spiro atoms. The normalized spacial score (nSPS) is 23.9. The molecule has 9 heteroatoms. The van der Waals surface area contributed by atoms with Gasteiger partial charge in [-0.05, 0) is 75.2 Å². The summed E-state index contributed by atoms with van der Waals surface area (Å²) < 4.78 is 17.6. The number of aromatic nitrogens is 4. The first kappa shape index (κ1) is 29.5. The number of hydrogen-bond donors (Lipinski definition) is 1. The van der Waals surface area contributed by atoms with E-state index in [-0.39, 0.29) is 27.8 Å². The first-order valence-corrected chi connectivity index (χ1v) is 17.2. The molecule has 5 rings (SSSR count). The second kappa shape index (κ2) is 10.8. The summed E-state index contributed by atoms with van der Waals surface area (Å²) in [4.78, 5) is 12.5. The molecule has 3 saturated carbocycles. The second-order valence-corrected chi connectivity index (χ2v) is 17.9. The number of nitrogens with one attached hydrogen (secondary N) is 1. The van der Waals surface area contributed by atoms with Crippen LogP contribution >= 0.6 is 0 Å². The van der Waals surface area contributed by atoms with Gasteiger partial charge in [0.1, 0.15) is 11.5 Å². The predicted octanol–water partition coefficient (Wildman–Crippen LogP) is 6.76. The van der Waals surface area contributed by atoms with Crippen LogP contribution in [0.3, 0.4) is 0 Å². The summed E-state index contributed by atoms with van der Waals surface area (Å²) in [5, 5.41) is 17.1. The van der Waals surface area contributed by atoms with Gasteiger partial charge < -0.3 is 13.9 Å². The van der Waals surface area contributed by atoms with Crippen LogP contribution in [0.2, 0.25) is 18.1 Å². The van der Waals surface area contributed by atoms with Gasteiger partial charge in [0.2, 0.25) is 0 Å². The van der Waals surface area contributed by atoms with Crippen molar-refractivity contribution in [3.8, 4) is 11.3 Å². The van der Waals surface area contributed by atoms with Crippen LogP contribution in [-0.2, 0) is 24.1 Å². The van der Waals surface area contributed by atoms with Crippen LogP contribution in [0.1, 0.15) is 96.0 Å². The minimum absolute atomic E-state index is 0.0139. The smallest absolute Gasteiger partial charge is 0.311 e. The van der Waals surface area contributed by atoms with Crippen molar-refractivity contribution >= 4 is 20.0 Å². The lowest BCUT2D eigenvalue weighted by molar-refractivity contribution is -0.160. The van der Waals surface area contributed by atoms with Crippen molar-refractivity contribution in [3.63, 3.8) is 0 Å². The van der Waals surface area contributed by atoms with Gasteiger partial charge in [-0.2, -0.15) is 10.2 Å². The molecule has 2 aromatic heterocycles. The van der Waals surface area contributed by atoms with E-state index < -0.39 is 8.32 Å². The highest BCUT2D eigenvalue weighted by atomic mass is 28.4. The second-order valence-electron chi connectivity index (χ2n) is 13.1. The number of methoxy groups -OCH3 is 1. The van der Waals surface area contributed by atoms with Gasteiger partial charge in [-0.1, -0.05) is 34.3 Å². The molecule has 8 nitrogen and oxygen atoms in total. The predicted molar refractivity (Wildman–Crippen MR) is 156 cm³/mol. The summed E-state index contributed by atoms with van der Waals surface area (Å²) in [6.07, 6.45) is 7.18. The monoisotopic (exact) mass is 554 g/mol. The maximum Gasteiger partial charge on any atom is 0.311 e. The molecule has 1 N–H and O–H groups in total. The Labute approximate surface area is 234 Å². The summed E-state index contributed by atoms with van der Waals surface area (Å²) in [6.45, 7) is 20.6. The maximum absolute atomic E-state index is 12.5. The largest absolute Gasteiger partial charge is 0.492 e. The van der Waals surface area contributed by atoms with E-state index in [9.17, 15) is 4.79 Å².